The van der Waals surface area contributed by atoms with Crippen molar-refractivity contribution in [2.75, 3.05) is 5.32 Å². The molecule has 0 atom stereocenters. The highest BCUT2D eigenvalue weighted by Crippen LogP contribution is 2.51. The van der Waals surface area contributed by atoms with Crippen molar-refractivity contribution >= 4 is 23.3 Å². The maximum atomic E-state index is 12.2. The molecule has 1 heterocycles. The molecule has 0 aliphatic heterocycles. The van der Waals surface area contributed by atoms with E-state index in [1.54, 1.807) is 12.1 Å². The fourth-order valence-electron chi connectivity index (χ4n) is 2.47. The lowest BCUT2D eigenvalue weighted by atomic mass is 10.1. The van der Waals surface area contributed by atoms with Crippen LogP contribution in [0.1, 0.15) is 6.42 Å². The molecule has 0 unspecified atom stereocenters. The molecule has 0 spiro atoms. The molecule has 1 aromatic heterocycles. The van der Waals surface area contributed by atoms with Gasteiger partial charge in [0.1, 0.15) is 5.82 Å². The molecular weight excluding hydrogens is 260 g/mol. The third-order valence-electron chi connectivity index (χ3n) is 3.48. The molecule has 3 aliphatic carbocycles. The molecule has 4 rings (SSSR count). The van der Waals surface area contributed by atoms with E-state index >= 15 is 0 Å². The summed E-state index contributed by atoms with van der Waals surface area (Å²) in [6.07, 6.45) is 8.59. The molecular formula is C15H9ClN2O. The number of carbonyl (C=O) groups is 1. The van der Waals surface area contributed by atoms with E-state index < -0.39 is 0 Å². The average Bonchev–Trinajstić information content (AvgIpc) is 2.89. The van der Waals surface area contributed by atoms with Crippen LogP contribution in [0, 0.1) is 0 Å². The summed E-state index contributed by atoms with van der Waals surface area (Å²) in [7, 11) is 0. The van der Waals surface area contributed by atoms with Gasteiger partial charge >= 0.3 is 0 Å². The molecule has 3 aliphatic rings. The fraction of sp³-hybridized carbons (Fsp3) is 0.0667. The highest BCUT2D eigenvalue weighted by atomic mass is 35.5. The van der Waals surface area contributed by atoms with Crippen LogP contribution in [0.2, 0.25) is 5.02 Å². The predicted octanol–water partition coefficient (Wildman–Crippen LogP) is 3.18. The van der Waals surface area contributed by atoms with Crippen LogP contribution >= 0.6 is 11.6 Å². The second kappa shape index (κ2) is 3.68. The minimum atomic E-state index is -0.130. The van der Waals surface area contributed by atoms with E-state index in [0.717, 1.165) is 12.0 Å². The van der Waals surface area contributed by atoms with Gasteiger partial charge in [-0.2, -0.15) is 0 Å². The summed E-state index contributed by atoms with van der Waals surface area (Å²) in [5.41, 5.74) is 5.72. The largest absolute Gasteiger partial charge is 0.307 e. The molecule has 0 saturated heterocycles. The summed E-state index contributed by atoms with van der Waals surface area (Å²) < 4.78 is 0. The van der Waals surface area contributed by atoms with Crippen molar-refractivity contribution in [3.05, 3.63) is 69.4 Å². The van der Waals surface area contributed by atoms with Crippen LogP contribution in [-0.4, -0.2) is 10.9 Å². The number of allylic oxidation sites excluding steroid dienone is 6. The number of pyridine rings is 1. The second-order valence-electron chi connectivity index (χ2n) is 4.72. The number of hydrogen-bond acceptors (Lipinski definition) is 2. The number of rotatable bonds is 2. The van der Waals surface area contributed by atoms with Gasteiger partial charge in [-0.05, 0) is 53.0 Å². The molecule has 3 nitrogen and oxygen atoms in total. The summed E-state index contributed by atoms with van der Waals surface area (Å²) in [6.45, 7) is 0. The Labute approximate surface area is 115 Å². The number of nitrogens with zero attached hydrogens (tertiary/aromatic N) is 1. The van der Waals surface area contributed by atoms with Crippen LogP contribution in [0.25, 0.3) is 0 Å². The normalized spacial score (nSPS) is 18.5. The quantitative estimate of drug-likeness (QED) is 0.895. The molecule has 1 aromatic rings. The van der Waals surface area contributed by atoms with Gasteiger partial charge in [-0.15, -0.1) is 0 Å². The maximum Gasteiger partial charge on any atom is 0.257 e. The van der Waals surface area contributed by atoms with Gasteiger partial charge in [0.05, 0.1) is 5.02 Å². The number of fused-ring (bicyclic) bond motifs is 2. The Bertz CT molecular complexity index is 736. The van der Waals surface area contributed by atoms with Crippen molar-refractivity contribution in [3.8, 4) is 0 Å². The van der Waals surface area contributed by atoms with Crippen LogP contribution in [0.5, 0.6) is 0 Å². The lowest BCUT2D eigenvalue weighted by Gasteiger charge is -2.05. The van der Waals surface area contributed by atoms with Crippen LogP contribution in [-0.2, 0) is 4.79 Å². The Morgan fingerprint density at radius 1 is 1.26 bits per heavy atom. The number of nitrogens with one attached hydrogen (secondary N) is 1. The van der Waals surface area contributed by atoms with E-state index in [-0.39, 0.29) is 5.91 Å². The molecule has 1 N–H and O–H groups in total. The molecule has 1 saturated carbocycles. The molecule has 0 bridgehead atoms. The Kier molecular flexibility index (Phi) is 2.09. The SMILES string of the molecule is O=C(Nc1ccc(Cl)cn1)C1=C2C=C3CC3=C2C=C1. The first-order valence-corrected chi connectivity index (χ1v) is 6.40. The van der Waals surface area contributed by atoms with Crippen LogP contribution in [0.3, 0.4) is 0 Å². The molecule has 0 aromatic carbocycles. The van der Waals surface area contributed by atoms with E-state index in [9.17, 15) is 4.79 Å². The minimum absolute atomic E-state index is 0.130. The highest BCUT2D eigenvalue weighted by molar-refractivity contribution is 6.30. The van der Waals surface area contributed by atoms with Gasteiger partial charge in [0, 0.05) is 11.8 Å². The molecule has 92 valence electrons. The summed E-state index contributed by atoms with van der Waals surface area (Å²) in [6, 6.07) is 3.39. The van der Waals surface area contributed by atoms with E-state index in [2.05, 4.69) is 16.4 Å². The number of halogens is 1. The van der Waals surface area contributed by atoms with Gasteiger partial charge in [-0.1, -0.05) is 17.7 Å². The number of aromatic nitrogens is 1. The first kappa shape index (κ1) is 10.8. The first-order valence-electron chi connectivity index (χ1n) is 6.02. The summed E-state index contributed by atoms with van der Waals surface area (Å²) >= 11 is 5.76. The Hall–Kier alpha value is -2.13. The van der Waals surface area contributed by atoms with E-state index in [1.807, 2.05) is 12.2 Å². The van der Waals surface area contributed by atoms with Crippen LogP contribution in [0.4, 0.5) is 5.82 Å². The fourth-order valence-corrected chi connectivity index (χ4v) is 2.58. The first-order chi connectivity index (χ1) is 9.22. The molecule has 19 heavy (non-hydrogen) atoms. The molecule has 4 heteroatoms. The predicted molar refractivity (Wildman–Crippen MR) is 73.8 cm³/mol. The maximum absolute atomic E-state index is 12.2. The van der Waals surface area contributed by atoms with Crippen molar-refractivity contribution in [1.29, 1.82) is 0 Å². The molecule has 1 amide bonds. The topological polar surface area (TPSA) is 42.0 Å². The lowest BCUT2D eigenvalue weighted by Crippen LogP contribution is -2.14. The van der Waals surface area contributed by atoms with Gasteiger partial charge in [0.25, 0.3) is 5.91 Å². The standard InChI is InChI=1S/C15H9ClN2O/c16-9-1-4-14(17-7-9)18-15(19)11-3-2-10-12-5-8(12)6-13(10)11/h1-4,6-7H,5H2,(H,17,18,19). The zero-order valence-corrected chi connectivity index (χ0v) is 10.7. The summed E-state index contributed by atoms with van der Waals surface area (Å²) in [5.74, 6) is 0.377. The zero-order valence-electron chi connectivity index (χ0n) is 9.90. The number of anilines is 1. The van der Waals surface area contributed by atoms with Crippen molar-refractivity contribution in [2.24, 2.45) is 0 Å². The molecule has 0 radical (unpaired) electrons. The van der Waals surface area contributed by atoms with Gasteiger partial charge in [0.2, 0.25) is 0 Å². The number of amides is 1. The minimum Gasteiger partial charge on any atom is -0.307 e. The highest BCUT2D eigenvalue weighted by Gasteiger charge is 2.35. The average molecular weight is 269 g/mol. The zero-order chi connectivity index (χ0) is 13.0. The van der Waals surface area contributed by atoms with E-state index in [1.165, 1.54) is 22.9 Å². The van der Waals surface area contributed by atoms with Gasteiger partial charge in [-0.3, -0.25) is 4.79 Å². The summed E-state index contributed by atoms with van der Waals surface area (Å²) in [5, 5.41) is 3.33. The van der Waals surface area contributed by atoms with Gasteiger partial charge < -0.3 is 5.32 Å². The number of hydrogen-bond donors (Lipinski definition) is 1. The lowest BCUT2D eigenvalue weighted by molar-refractivity contribution is -0.112. The Morgan fingerprint density at radius 3 is 2.95 bits per heavy atom. The third kappa shape index (κ3) is 1.66. The Balaban J connectivity index is 1.61. The monoisotopic (exact) mass is 268 g/mol. The second-order valence-corrected chi connectivity index (χ2v) is 5.15. The van der Waals surface area contributed by atoms with Crippen molar-refractivity contribution < 1.29 is 4.79 Å². The van der Waals surface area contributed by atoms with E-state index in [4.69, 9.17) is 11.6 Å². The van der Waals surface area contributed by atoms with Gasteiger partial charge in [-0.25, -0.2) is 4.98 Å². The van der Waals surface area contributed by atoms with Crippen molar-refractivity contribution in [3.63, 3.8) is 0 Å². The van der Waals surface area contributed by atoms with Crippen molar-refractivity contribution in [2.45, 2.75) is 6.42 Å². The number of carbonyl (C=O) groups excluding carboxylic acids is 1. The van der Waals surface area contributed by atoms with Gasteiger partial charge in [0.15, 0.2) is 0 Å². The van der Waals surface area contributed by atoms with Crippen LogP contribution < -0.4 is 5.32 Å². The third-order valence-corrected chi connectivity index (χ3v) is 3.71. The van der Waals surface area contributed by atoms with E-state index in [0.29, 0.717) is 16.4 Å². The Morgan fingerprint density at radius 2 is 2.16 bits per heavy atom. The van der Waals surface area contributed by atoms with Crippen molar-refractivity contribution in [1.82, 2.24) is 4.98 Å². The smallest absolute Gasteiger partial charge is 0.257 e. The summed E-state index contributed by atoms with van der Waals surface area (Å²) in [4.78, 5) is 16.3. The van der Waals surface area contributed by atoms with Crippen LogP contribution in [0.15, 0.2) is 64.4 Å². The molecule has 1 fully saturated rings.